The number of carbonyl (C=O) groups excluding carboxylic acids is 2. The molecule has 0 saturated heterocycles. The molecular weight excluding hydrogens is 234 g/mol. The third-order valence-electron chi connectivity index (χ3n) is 0.167. The van der Waals surface area contributed by atoms with E-state index in [1.54, 1.807) is 0 Å². The van der Waals surface area contributed by atoms with Crippen molar-refractivity contribution in [3.05, 3.63) is 0 Å². The Morgan fingerprint density at radius 2 is 1.40 bits per heavy atom. The maximum Gasteiger partial charge on any atom is 2.00 e. The summed E-state index contributed by atoms with van der Waals surface area (Å²) in [5, 5.41) is 17.9. The van der Waals surface area contributed by atoms with Crippen LogP contribution in [0, 0.1) is 0 Å². The molecule has 0 aliphatic rings. The molecule has 0 atom stereocenters. The first-order valence-electron chi connectivity index (χ1n) is 2.18. The molecule has 0 fully saturated rings. The summed E-state index contributed by atoms with van der Waals surface area (Å²) < 4.78 is 0. The third-order valence-corrected chi connectivity index (χ3v) is 0.167. The molecule has 0 aliphatic carbocycles. The molecule has 63 valence electrons. The first kappa shape index (κ1) is 16.3. The van der Waals surface area contributed by atoms with Crippen LogP contribution in [0.15, 0.2) is 0 Å². The zero-order chi connectivity index (χ0) is 7.86. The SMILES string of the molecule is CCN.O=C([O-])C(=O)[O-].[Ag+2]. The molecule has 0 aromatic carbocycles. The maximum atomic E-state index is 8.93. The van der Waals surface area contributed by atoms with Gasteiger partial charge in [0.1, 0.15) is 0 Å². The summed E-state index contributed by atoms with van der Waals surface area (Å²) >= 11 is 0. The maximum absolute atomic E-state index is 8.93. The Morgan fingerprint density at radius 3 is 1.40 bits per heavy atom. The van der Waals surface area contributed by atoms with E-state index in [1.165, 1.54) is 0 Å². The van der Waals surface area contributed by atoms with Gasteiger partial charge in [-0.15, -0.1) is 0 Å². The zero-order valence-electron chi connectivity index (χ0n) is 5.22. The Hall–Kier alpha value is -0.360. The van der Waals surface area contributed by atoms with Crippen molar-refractivity contribution >= 4 is 11.9 Å². The van der Waals surface area contributed by atoms with E-state index in [-0.39, 0.29) is 22.4 Å². The van der Waals surface area contributed by atoms with E-state index in [0.29, 0.717) is 0 Å². The number of carboxylic acids is 2. The number of rotatable bonds is 0. The van der Waals surface area contributed by atoms with Crippen LogP contribution in [0.4, 0.5) is 0 Å². The van der Waals surface area contributed by atoms with Gasteiger partial charge >= 0.3 is 22.4 Å². The minimum atomic E-state index is -2.19. The van der Waals surface area contributed by atoms with Crippen molar-refractivity contribution in [3.63, 3.8) is 0 Å². The second kappa shape index (κ2) is 11.4. The van der Waals surface area contributed by atoms with E-state index in [9.17, 15) is 0 Å². The van der Waals surface area contributed by atoms with Crippen LogP contribution in [0.25, 0.3) is 0 Å². The van der Waals surface area contributed by atoms with Gasteiger partial charge in [-0.3, -0.25) is 0 Å². The van der Waals surface area contributed by atoms with E-state index < -0.39 is 11.9 Å². The first-order chi connectivity index (χ1) is 4.06. The van der Waals surface area contributed by atoms with Gasteiger partial charge in [-0.05, 0) is 6.54 Å². The molecule has 2 N–H and O–H groups in total. The molecule has 10 heavy (non-hydrogen) atoms. The number of aliphatic carboxylic acids is 2. The smallest absolute Gasteiger partial charge is 0.543 e. The van der Waals surface area contributed by atoms with E-state index in [2.05, 4.69) is 0 Å². The molecule has 5 nitrogen and oxygen atoms in total. The van der Waals surface area contributed by atoms with Crippen LogP contribution < -0.4 is 15.9 Å². The Labute approximate surface area is 73.7 Å². The monoisotopic (exact) mass is 240 g/mol. The van der Waals surface area contributed by atoms with Crippen molar-refractivity contribution in [2.45, 2.75) is 6.92 Å². The van der Waals surface area contributed by atoms with E-state index in [1.807, 2.05) is 6.92 Å². The number of nitrogens with two attached hydrogens (primary N) is 1. The Balaban J connectivity index is -0.000000107. The summed E-state index contributed by atoms with van der Waals surface area (Å²) in [5.74, 6) is -4.37. The average molecular weight is 241 g/mol. The minimum Gasteiger partial charge on any atom is -0.543 e. The van der Waals surface area contributed by atoms with E-state index in [4.69, 9.17) is 25.5 Å². The Bertz CT molecular complexity index is 93.4. The van der Waals surface area contributed by atoms with Crippen LogP contribution in [0.3, 0.4) is 0 Å². The molecule has 0 saturated carbocycles. The van der Waals surface area contributed by atoms with Crippen molar-refractivity contribution in [1.29, 1.82) is 0 Å². The molecule has 0 spiro atoms. The van der Waals surface area contributed by atoms with Crippen molar-refractivity contribution in [1.82, 2.24) is 0 Å². The first-order valence-corrected chi connectivity index (χ1v) is 2.18. The average Bonchev–Trinajstić information content (AvgIpc) is 1.68. The summed E-state index contributed by atoms with van der Waals surface area (Å²) in [4.78, 5) is 17.9. The van der Waals surface area contributed by atoms with Gasteiger partial charge < -0.3 is 25.5 Å². The van der Waals surface area contributed by atoms with Crippen LogP contribution in [-0.2, 0) is 32.0 Å². The fourth-order valence-electron chi connectivity index (χ4n) is 0. The van der Waals surface area contributed by atoms with Crippen LogP contribution in [0.5, 0.6) is 0 Å². The molecule has 6 heteroatoms. The molecule has 0 rings (SSSR count). The topological polar surface area (TPSA) is 106 Å². The second-order valence-corrected chi connectivity index (χ2v) is 0.983. The largest absolute Gasteiger partial charge is 2.00 e. The fourth-order valence-corrected chi connectivity index (χ4v) is 0. The van der Waals surface area contributed by atoms with Crippen LogP contribution >= 0.6 is 0 Å². The number of carbonyl (C=O) groups is 2. The Kier molecular flexibility index (Phi) is 18.7. The second-order valence-electron chi connectivity index (χ2n) is 0.983. The van der Waals surface area contributed by atoms with Crippen molar-refractivity contribution in [2.75, 3.05) is 6.54 Å². The zero-order valence-corrected chi connectivity index (χ0v) is 6.70. The van der Waals surface area contributed by atoms with Gasteiger partial charge in [0.25, 0.3) is 0 Å². The van der Waals surface area contributed by atoms with Crippen molar-refractivity contribution in [2.24, 2.45) is 5.73 Å². The normalized spacial score (nSPS) is 6.20. The predicted octanol–water partition coefficient (Wildman–Crippen LogP) is -3.55. The molecule has 0 unspecified atom stereocenters. The summed E-state index contributed by atoms with van der Waals surface area (Å²) in [6.07, 6.45) is 0. The standard InChI is InChI=1S/C2H7N.C2H2O4.Ag/c1-2-3;3-1(4)2(5)6;/h2-3H2,1H3;(H,3,4)(H,5,6);/q;;+2/p-2. The fraction of sp³-hybridized carbons (Fsp3) is 0.500. The quantitative estimate of drug-likeness (QED) is 0.349. The number of hydrogen-bond acceptors (Lipinski definition) is 5. The number of hydrogen-bond donors (Lipinski definition) is 1. The van der Waals surface area contributed by atoms with Gasteiger partial charge in [-0.2, -0.15) is 0 Å². The summed E-state index contributed by atoms with van der Waals surface area (Å²) in [6, 6.07) is 0. The summed E-state index contributed by atoms with van der Waals surface area (Å²) in [5.41, 5.74) is 4.85. The van der Waals surface area contributed by atoms with Gasteiger partial charge in [0.2, 0.25) is 0 Å². The Morgan fingerprint density at radius 1 is 1.30 bits per heavy atom. The van der Waals surface area contributed by atoms with E-state index in [0.717, 1.165) is 6.54 Å². The van der Waals surface area contributed by atoms with Gasteiger partial charge in [-0.1, -0.05) is 6.92 Å². The van der Waals surface area contributed by atoms with Crippen LogP contribution in [0.2, 0.25) is 0 Å². The molecule has 1 radical (unpaired) electrons. The molecule has 0 aromatic rings. The van der Waals surface area contributed by atoms with Gasteiger partial charge in [0, 0.05) is 0 Å². The molecule has 0 aromatic heterocycles. The predicted molar refractivity (Wildman–Crippen MR) is 24.7 cm³/mol. The summed E-state index contributed by atoms with van der Waals surface area (Å²) in [7, 11) is 0. The van der Waals surface area contributed by atoms with Gasteiger partial charge in [0.05, 0.1) is 11.9 Å². The van der Waals surface area contributed by atoms with Gasteiger partial charge in [-0.25, -0.2) is 0 Å². The molecular formula is C4H7AgNO4. The van der Waals surface area contributed by atoms with Crippen LogP contribution in [0.1, 0.15) is 6.92 Å². The minimum absolute atomic E-state index is 0. The molecule has 0 heterocycles. The van der Waals surface area contributed by atoms with Crippen molar-refractivity contribution in [3.8, 4) is 0 Å². The summed E-state index contributed by atoms with van der Waals surface area (Å²) in [6.45, 7) is 2.65. The van der Waals surface area contributed by atoms with Crippen LogP contribution in [-0.4, -0.2) is 18.5 Å². The van der Waals surface area contributed by atoms with Gasteiger partial charge in [0.15, 0.2) is 0 Å². The van der Waals surface area contributed by atoms with Crippen molar-refractivity contribution < 1.29 is 42.2 Å². The molecule has 0 aliphatic heterocycles. The molecule has 0 bridgehead atoms. The van der Waals surface area contributed by atoms with E-state index >= 15 is 0 Å². The molecule has 0 amide bonds. The third kappa shape index (κ3) is 25.4. The number of carboxylic acid groups (broad SMARTS) is 2.